The number of amides is 1. The van der Waals surface area contributed by atoms with Crippen molar-refractivity contribution in [3.8, 4) is 0 Å². The van der Waals surface area contributed by atoms with E-state index in [0.29, 0.717) is 11.4 Å². The Morgan fingerprint density at radius 2 is 2.14 bits per heavy atom. The number of aromatic nitrogens is 2. The minimum Gasteiger partial charge on any atom is -0.444 e. The van der Waals surface area contributed by atoms with Crippen LogP contribution in [0, 0.1) is 0 Å². The Bertz CT molecular complexity index is 539. The highest BCUT2D eigenvalue weighted by molar-refractivity contribution is 6.29. The van der Waals surface area contributed by atoms with E-state index in [2.05, 4.69) is 10.3 Å². The van der Waals surface area contributed by atoms with Crippen LogP contribution < -0.4 is 16.8 Å². The molecule has 0 radical (unpaired) electrons. The second-order valence-corrected chi connectivity index (χ2v) is 5.67. The number of hydrogen-bond acceptors (Lipinski definition) is 5. The average molecular weight is 314 g/mol. The molecule has 0 spiro atoms. The molecule has 1 heterocycles. The van der Waals surface area contributed by atoms with Crippen molar-refractivity contribution in [1.82, 2.24) is 14.9 Å². The minimum absolute atomic E-state index is 0.0362. The van der Waals surface area contributed by atoms with Crippen LogP contribution in [0.5, 0.6) is 0 Å². The fourth-order valence-electron chi connectivity index (χ4n) is 1.35. The number of halogens is 1. The number of imidazole rings is 1. The number of alkyl carbamates (subject to hydrolysis) is 1. The third-order valence-electron chi connectivity index (χ3n) is 2.25. The Hall–Kier alpha value is -2.15. The molecular weight excluding hydrogens is 294 g/mol. The zero-order chi connectivity index (χ0) is 16.0. The Morgan fingerprint density at radius 3 is 2.62 bits per heavy atom. The molecule has 1 aromatic heterocycles. The van der Waals surface area contributed by atoms with E-state index >= 15 is 0 Å². The predicted molar refractivity (Wildman–Crippen MR) is 82.0 cm³/mol. The lowest BCUT2D eigenvalue weighted by atomic mass is 10.2. The van der Waals surface area contributed by atoms with Crippen LogP contribution in [0.4, 0.5) is 4.79 Å². The number of ether oxygens (including phenoxy) is 1. The molecule has 0 fully saturated rings. The molecule has 0 atom stereocenters. The van der Waals surface area contributed by atoms with E-state index < -0.39 is 11.7 Å². The molecule has 0 bridgehead atoms. The average Bonchev–Trinajstić information content (AvgIpc) is 2.85. The molecular formula is C13H20ClN5O2. The quantitative estimate of drug-likeness (QED) is 0.577. The van der Waals surface area contributed by atoms with E-state index in [0.717, 1.165) is 0 Å². The molecule has 116 valence electrons. The molecule has 1 amide bonds. The molecule has 0 aliphatic carbocycles. The van der Waals surface area contributed by atoms with E-state index in [1.807, 2.05) is 0 Å². The second kappa shape index (κ2) is 7.03. The van der Waals surface area contributed by atoms with Crippen molar-refractivity contribution in [2.24, 2.45) is 11.5 Å². The van der Waals surface area contributed by atoms with Gasteiger partial charge in [-0.1, -0.05) is 11.6 Å². The Balaban J connectivity index is 2.71. The smallest absolute Gasteiger partial charge is 0.407 e. The van der Waals surface area contributed by atoms with Gasteiger partial charge in [0.15, 0.2) is 0 Å². The van der Waals surface area contributed by atoms with Gasteiger partial charge in [-0.3, -0.25) is 4.57 Å². The van der Waals surface area contributed by atoms with Gasteiger partial charge in [0.2, 0.25) is 0 Å². The Labute approximate surface area is 128 Å². The van der Waals surface area contributed by atoms with Crippen molar-refractivity contribution in [3.63, 3.8) is 0 Å². The molecule has 0 saturated heterocycles. The first-order chi connectivity index (χ1) is 9.69. The van der Waals surface area contributed by atoms with Crippen LogP contribution in [-0.4, -0.2) is 27.8 Å². The molecule has 1 rings (SSSR count). The van der Waals surface area contributed by atoms with Crippen LogP contribution in [0.2, 0.25) is 0 Å². The molecule has 5 N–H and O–H groups in total. The summed E-state index contributed by atoms with van der Waals surface area (Å²) in [5.41, 5.74) is 11.3. The maximum Gasteiger partial charge on any atom is 0.407 e. The predicted octanol–water partition coefficient (Wildman–Crippen LogP) is 1.57. The molecule has 0 aliphatic rings. The van der Waals surface area contributed by atoms with E-state index in [-0.39, 0.29) is 11.7 Å². The lowest BCUT2D eigenvalue weighted by Gasteiger charge is -2.20. The Morgan fingerprint density at radius 1 is 1.48 bits per heavy atom. The van der Waals surface area contributed by atoms with Crippen molar-refractivity contribution in [1.29, 1.82) is 0 Å². The lowest BCUT2D eigenvalue weighted by Crippen LogP contribution is -2.33. The summed E-state index contributed by atoms with van der Waals surface area (Å²) in [4.78, 5) is 15.5. The van der Waals surface area contributed by atoms with Crippen LogP contribution in [0.15, 0.2) is 35.5 Å². The monoisotopic (exact) mass is 313 g/mol. The maximum absolute atomic E-state index is 11.6. The first kappa shape index (κ1) is 16.9. The summed E-state index contributed by atoms with van der Waals surface area (Å²) in [6.45, 7) is 5.42. The zero-order valence-corrected chi connectivity index (χ0v) is 13.0. The summed E-state index contributed by atoms with van der Waals surface area (Å²) in [6.07, 6.45) is 5.80. The van der Waals surface area contributed by atoms with Crippen LogP contribution in [0.25, 0.3) is 5.82 Å². The topological polar surface area (TPSA) is 108 Å². The van der Waals surface area contributed by atoms with E-state index in [9.17, 15) is 4.79 Å². The standard InChI is InChI=1S/C13H20ClN5O2/c1-13(2,3)21-12(20)18-7-9(11(14)16)6-10(15)19-5-4-17-8-19/h4-6,8H,7,15-16H2,1-3H3,(H,18,20)/b10-6+,11-9+. The highest BCUT2D eigenvalue weighted by Gasteiger charge is 2.16. The fourth-order valence-corrected chi connectivity index (χ4v) is 1.47. The van der Waals surface area contributed by atoms with Crippen molar-refractivity contribution >= 4 is 23.5 Å². The lowest BCUT2D eigenvalue weighted by molar-refractivity contribution is 0.0533. The number of carbonyl (C=O) groups is 1. The summed E-state index contributed by atoms with van der Waals surface area (Å²) in [5.74, 6) is 0.372. The molecule has 0 aliphatic heterocycles. The normalized spacial score (nSPS) is 13.6. The van der Waals surface area contributed by atoms with Gasteiger partial charge in [0.05, 0.1) is 0 Å². The fraction of sp³-hybridized carbons (Fsp3) is 0.385. The van der Waals surface area contributed by atoms with Gasteiger partial charge in [-0.05, 0) is 26.8 Å². The number of rotatable bonds is 4. The summed E-state index contributed by atoms with van der Waals surface area (Å²) < 4.78 is 6.71. The van der Waals surface area contributed by atoms with Gasteiger partial charge < -0.3 is 21.5 Å². The number of nitrogens with one attached hydrogen (secondary N) is 1. The van der Waals surface area contributed by atoms with Crippen molar-refractivity contribution in [2.75, 3.05) is 6.54 Å². The van der Waals surface area contributed by atoms with Crippen molar-refractivity contribution in [2.45, 2.75) is 26.4 Å². The van der Waals surface area contributed by atoms with Crippen LogP contribution in [0.1, 0.15) is 20.8 Å². The highest BCUT2D eigenvalue weighted by atomic mass is 35.5. The largest absolute Gasteiger partial charge is 0.444 e. The molecule has 7 nitrogen and oxygen atoms in total. The Kier molecular flexibility index (Phi) is 5.66. The summed E-state index contributed by atoms with van der Waals surface area (Å²) in [7, 11) is 0. The number of carbonyl (C=O) groups excluding carboxylic acids is 1. The van der Waals surface area contributed by atoms with Gasteiger partial charge in [0, 0.05) is 24.5 Å². The minimum atomic E-state index is -0.577. The van der Waals surface area contributed by atoms with Crippen LogP contribution in [0.3, 0.4) is 0 Å². The van der Waals surface area contributed by atoms with Crippen LogP contribution in [-0.2, 0) is 4.74 Å². The zero-order valence-electron chi connectivity index (χ0n) is 12.3. The maximum atomic E-state index is 11.6. The van der Waals surface area contributed by atoms with Crippen LogP contribution >= 0.6 is 11.6 Å². The van der Waals surface area contributed by atoms with Gasteiger partial charge in [-0.15, -0.1) is 0 Å². The molecule has 8 heteroatoms. The molecule has 0 unspecified atom stereocenters. The van der Waals surface area contributed by atoms with Gasteiger partial charge in [0.25, 0.3) is 0 Å². The second-order valence-electron chi connectivity index (χ2n) is 5.27. The summed E-state index contributed by atoms with van der Waals surface area (Å²) >= 11 is 5.81. The van der Waals surface area contributed by atoms with Crippen molar-refractivity contribution in [3.05, 3.63) is 35.5 Å². The molecule has 21 heavy (non-hydrogen) atoms. The summed E-state index contributed by atoms with van der Waals surface area (Å²) in [6, 6.07) is 0. The van der Waals surface area contributed by atoms with Gasteiger partial charge >= 0.3 is 6.09 Å². The van der Waals surface area contributed by atoms with Gasteiger partial charge in [-0.2, -0.15) is 0 Å². The number of hydrogen-bond donors (Lipinski definition) is 3. The highest BCUT2D eigenvalue weighted by Crippen LogP contribution is 2.10. The summed E-state index contributed by atoms with van der Waals surface area (Å²) in [5, 5.41) is 2.60. The first-order valence-corrected chi connectivity index (χ1v) is 6.63. The number of nitrogens with zero attached hydrogens (tertiary/aromatic N) is 2. The molecule has 1 aromatic rings. The third kappa shape index (κ3) is 6.22. The van der Waals surface area contributed by atoms with E-state index in [1.165, 1.54) is 6.33 Å². The van der Waals surface area contributed by atoms with E-state index in [4.69, 9.17) is 27.8 Å². The molecule has 0 aromatic carbocycles. The van der Waals surface area contributed by atoms with Gasteiger partial charge in [-0.25, -0.2) is 9.78 Å². The SMILES string of the molecule is CC(C)(C)OC(=O)NCC(/C=C(\N)n1ccnc1)=C(/N)Cl. The first-order valence-electron chi connectivity index (χ1n) is 6.25. The third-order valence-corrected chi connectivity index (χ3v) is 2.50. The van der Waals surface area contributed by atoms with Crippen molar-refractivity contribution < 1.29 is 9.53 Å². The molecule has 0 saturated carbocycles. The van der Waals surface area contributed by atoms with E-state index in [1.54, 1.807) is 43.8 Å². The number of nitrogens with two attached hydrogens (primary N) is 2. The van der Waals surface area contributed by atoms with Gasteiger partial charge in [0.1, 0.15) is 22.9 Å².